The lowest BCUT2D eigenvalue weighted by Gasteiger charge is -2.39. The standard InChI is InChI=1S/C15H26FN3O4/c1-10(2)17-12(20)8-11-9-18(6-7-19(11)13(16)21)14(22)23-15(3,4)5/h10-11H,6-9H2,1-5H3,(H,17,20). The van der Waals surface area contributed by atoms with E-state index in [-0.39, 0.29) is 38.0 Å². The minimum atomic E-state index is -1.59. The molecule has 1 aliphatic heterocycles. The number of amides is 3. The fraction of sp³-hybridized carbons (Fsp3) is 0.800. The highest BCUT2D eigenvalue weighted by molar-refractivity contribution is 5.78. The van der Waals surface area contributed by atoms with Crippen LogP contribution in [0.3, 0.4) is 0 Å². The van der Waals surface area contributed by atoms with Crippen LogP contribution >= 0.6 is 0 Å². The summed E-state index contributed by atoms with van der Waals surface area (Å²) in [7, 11) is 0. The zero-order valence-electron chi connectivity index (χ0n) is 14.4. The van der Waals surface area contributed by atoms with E-state index in [2.05, 4.69) is 5.32 Å². The highest BCUT2D eigenvalue weighted by Crippen LogP contribution is 2.18. The monoisotopic (exact) mass is 331 g/mol. The van der Waals surface area contributed by atoms with Crippen molar-refractivity contribution in [2.45, 2.75) is 58.7 Å². The summed E-state index contributed by atoms with van der Waals surface area (Å²) in [5.74, 6) is -0.290. The van der Waals surface area contributed by atoms with Crippen LogP contribution in [0.25, 0.3) is 0 Å². The molecule has 0 aromatic rings. The van der Waals surface area contributed by atoms with Gasteiger partial charge in [0, 0.05) is 32.1 Å². The van der Waals surface area contributed by atoms with Gasteiger partial charge in [0.2, 0.25) is 5.91 Å². The molecule has 0 radical (unpaired) electrons. The third-order valence-electron chi connectivity index (χ3n) is 3.23. The van der Waals surface area contributed by atoms with E-state index in [1.807, 2.05) is 13.8 Å². The third kappa shape index (κ3) is 6.42. The Labute approximate surface area is 136 Å². The smallest absolute Gasteiger partial charge is 0.410 e. The molecule has 0 aromatic carbocycles. The van der Waals surface area contributed by atoms with Crippen LogP contribution in [0.4, 0.5) is 14.0 Å². The Morgan fingerprint density at radius 1 is 1.26 bits per heavy atom. The average Bonchev–Trinajstić information content (AvgIpc) is 2.34. The fourth-order valence-electron chi connectivity index (χ4n) is 2.35. The Balaban J connectivity index is 2.75. The van der Waals surface area contributed by atoms with E-state index in [9.17, 15) is 18.8 Å². The highest BCUT2D eigenvalue weighted by atomic mass is 19.1. The summed E-state index contributed by atoms with van der Waals surface area (Å²) < 4.78 is 18.5. The number of nitrogens with zero attached hydrogens (tertiary/aromatic N) is 2. The number of carbonyl (C=O) groups excluding carboxylic acids is 3. The first-order valence-electron chi connectivity index (χ1n) is 7.73. The van der Waals surface area contributed by atoms with Crippen LogP contribution in [-0.2, 0) is 9.53 Å². The van der Waals surface area contributed by atoms with Gasteiger partial charge in [-0.3, -0.25) is 4.79 Å². The van der Waals surface area contributed by atoms with E-state index in [0.717, 1.165) is 4.90 Å². The normalized spacial score (nSPS) is 18.8. The summed E-state index contributed by atoms with van der Waals surface area (Å²) in [6.45, 7) is 9.14. The summed E-state index contributed by atoms with van der Waals surface area (Å²) >= 11 is 0. The zero-order chi connectivity index (χ0) is 17.8. The van der Waals surface area contributed by atoms with Crippen LogP contribution in [-0.4, -0.2) is 65.3 Å². The molecule has 1 unspecified atom stereocenters. The van der Waals surface area contributed by atoms with Crippen molar-refractivity contribution in [3.8, 4) is 0 Å². The van der Waals surface area contributed by atoms with E-state index < -0.39 is 23.9 Å². The van der Waals surface area contributed by atoms with Gasteiger partial charge in [-0.15, -0.1) is 4.39 Å². The molecule has 1 atom stereocenters. The second kappa shape index (κ2) is 7.61. The van der Waals surface area contributed by atoms with E-state index in [1.54, 1.807) is 20.8 Å². The van der Waals surface area contributed by atoms with Gasteiger partial charge in [-0.05, 0) is 34.6 Å². The van der Waals surface area contributed by atoms with Gasteiger partial charge in [0.25, 0.3) is 0 Å². The zero-order valence-corrected chi connectivity index (χ0v) is 14.4. The van der Waals surface area contributed by atoms with Crippen molar-refractivity contribution in [1.82, 2.24) is 15.1 Å². The SMILES string of the molecule is CC(C)NC(=O)CC1CN(C(=O)OC(C)(C)C)CCN1C(=O)F. The van der Waals surface area contributed by atoms with Gasteiger partial charge in [0.15, 0.2) is 0 Å². The van der Waals surface area contributed by atoms with Crippen LogP contribution in [0, 0.1) is 0 Å². The lowest BCUT2D eigenvalue weighted by molar-refractivity contribution is -0.123. The fourth-order valence-corrected chi connectivity index (χ4v) is 2.35. The predicted octanol–water partition coefficient (Wildman–Crippen LogP) is 1.91. The first-order chi connectivity index (χ1) is 10.5. The minimum absolute atomic E-state index is 0.0359. The number of halogens is 1. The minimum Gasteiger partial charge on any atom is -0.444 e. The number of carbonyl (C=O) groups is 3. The molecule has 3 amide bonds. The molecule has 1 fully saturated rings. The number of ether oxygens (including phenoxy) is 1. The van der Waals surface area contributed by atoms with Gasteiger partial charge in [0.1, 0.15) is 5.60 Å². The third-order valence-corrected chi connectivity index (χ3v) is 3.23. The predicted molar refractivity (Wildman–Crippen MR) is 82.7 cm³/mol. The Morgan fingerprint density at radius 2 is 1.87 bits per heavy atom. The second-order valence-electron chi connectivity index (χ2n) is 6.95. The number of hydrogen-bond acceptors (Lipinski definition) is 4. The van der Waals surface area contributed by atoms with Crippen molar-refractivity contribution in [2.24, 2.45) is 0 Å². The summed E-state index contributed by atoms with van der Waals surface area (Å²) in [6.07, 6.45) is -2.18. The van der Waals surface area contributed by atoms with Crippen molar-refractivity contribution in [1.29, 1.82) is 0 Å². The van der Waals surface area contributed by atoms with E-state index in [0.29, 0.717) is 0 Å². The van der Waals surface area contributed by atoms with Crippen LogP contribution in [0.2, 0.25) is 0 Å². The first-order valence-corrected chi connectivity index (χ1v) is 7.73. The maximum atomic E-state index is 13.2. The van der Waals surface area contributed by atoms with Gasteiger partial charge in [-0.2, -0.15) is 0 Å². The molecule has 1 rings (SSSR count). The van der Waals surface area contributed by atoms with Gasteiger partial charge in [-0.25, -0.2) is 9.59 Å². The maximum Gasteiger partial charge on any atom is 0.410 e. The van der Waals surface area contributed by atoms with E-state index in [4.69, 9.17) is 4.74 Å². The first kappa shape index (κ1) is 19.2. The lowest BCUT2D eigenvalue weighted by atomic mass is 10.1. The molecule has 0 saturated carbocycles. The second-order valence-corrected chi connectivity index (χ2v) is 6.95. The van der Waals surface area contributed by atoms with Gasteiger partial charge in [0.05, 0.1) is 6.04 Å². The van der Waals surface area contributed by atoms with Crippen LogP contribution < -0.4 is 5.32 Å². The van der Waals surface area contributed by atoms with Crippen molar-refractivity contribution in [2.75, 3.05) is 19.6 Å². The number of piperazine rings is 1. The highest BCUT2D eigenvalue weighted by Gasteiger charge is 2.35. The molecule has 0 aliphatic carbocycles. The van der Waals surface area contributed by atoms with Gasteiger partial charge >= 0.3 is 12.3 Å². The molecule has 7 nitrogen and oxygen atoms in total. The Morgan fingerprint density at radius 3 is 2.35 bits per heavy atom. The molecule has 1 N–H and O–H groups in total. The molecular formula is C15H26FN3O4. The van der Waals surface area contributed by atoms with Gasteiger partial charge in [-0.1, -0.05) is 0 Å². The van der Waals surface area contributed by atoms with E-state index in [1.165, 1.54) is 4.90 Å². The average molecular weight is 331 g/mol. The lowest BCUT2D eigenvalue weighted by Crippen LogP contribution is -2.57. The number of rotatable bonds is 3. The Kier molecular flexibility index (Phi) is 6.35. The molecule has 0 bridgehead atoms. The largest absolute Gasteiger partial charge is 0.444 e. The topological polar surface area (TPSA) is 79.0 Å². The molecule has 23 heavy (non-hydrogen) atoms. The molecule has 1 heterocycles. The molecule has 1 saturated heterocycles. The van der Waals surface area contributed by atoms with Crippen LogP contribution in [0.15, 0.2) is 0 Å². The summed E-state index contributed by atoms with van der Waals surface area (Å²) in [5.41, 5.74) is -0.644. The summed E-state index contributed by atoms with van der Waals surface area (Å²) in [4.78, 5) is 37.5. The Hall–Kier alpha value is -1.86. The summed E-state index contributed by atoms with van der Waals surface area (Å²) in [6, 6.07) is -0.755. The van der Waals surface area contributed by atoms with Crippen molar-refractivity contribution < 1.29 is 23.5 Å². The van der Waals surface area contributed by atoms with Crippen molar-refractivity contribution >= 4 is 18.2 Å². The molecule has 8 heteroatoms. The molecular weight excluding hydrogens is 305 g/mol. The summed E-state index contributed by atoms with van der Waals surface area (Å²) in [5, 5.41) is 2.70. The number of nitrogens with one attached hydrogen (secondary N) is 1. The quantitative estimate of drug-likeness (QED) is 0.633. The van der Waals surface area contributed by atoms with Crippen molar-refractivity contribution in [3.63, 3.8) is 0 Å². The molecule has 1 aliphatic rings. The molecule has 132 valence electrons. The molecule has 0 aromatic heterocycles. The van der Waals surface area contributed by atoms with Gasteiger partial charge < -0.3 is 19.9 Å². The Bertz CT molecular complexity index is 462. The molecule has 0 spiro atoms. The van der Waals surface area contributed by atoms with E-state index >= 15 is 0 Å². The van der Waals surface area contributed by atoms with Crippen LogP contribution in [0.1, 0.15) is 41.0 Å². The van der Waals surface area contributed by atoms with Crippen LogP contribution in [0.5, 0.6) is 0 Å². The maximum absolute atomic E-state index is 13.2. The number of hydrogen-bond donors (Lipinski definition) is 1. The van der Waals surface area contributed by atoms with Crippen molar-refractivity contribution in [3.05, 3.63) is 0 Å².